The van der Waals surface area contributed by atoms with Crippen LogP contribution in [0.15, 0.2) is 42.5 Å². The summed E-state index contributed by atoms with van der Waals surface area (Å²) in [6, 6.07) is 7.41. The standard InChI is InChI=1S/C25H27F6N3O2/c1-3-11-33-15-19(23(36)34(12-4-2)21-8-6-5-7-20(21)33)32-22(35)13-16-9-10-17(24(26,27)28)14-18(16)25(29,30)31/h5-10,14,19H,3-4,11-13,15H2,1-2H3,(H,32,35). The molecule has 1 aliphatic rings. The van der Waals surface area contributed by atoms with Crippen molar-refractivity contribution in [2.45, 2.75) is 51.5 Å². The van der Waals surface area contributed by atoms with Crippen LogP contribution in [0.5, 0.6) is 0 Å². The lowest BCUT2D eigenvalue weighted by molar-refractivity contribution is -0.143. The molecule has 0 radical (unpaired) electrons. The van der Waals surface area contributed by atoms with Crippen LogP contribution >= 0.6 is 0 Å². The number of amides is 2. The number of carbonyl (C=O) groups is 2. The molecule has 0 aromatic heterocycles. The van der Waals surface area contributed by atoms with Crippen LogP contribution in [0.2, 0.25) is 0 Å². The highest BCUT2D eigenvalue weighted by atomic mass is 19.4. The van der Waals surface area contributed by atoms with Gasteiger partial charge in [-0.1, -0.05) is 32.0 Å². The first-order valence-electron chi connectivity index (χ1n) is 11.6. The summed E-state index contributed by atoms with van der Waals surface area (Å²) in [5.74, 6) is -1.29. The Hall–Kier alpha value is -3.24. The zero-order valence-electron chi connectivity index (χ0n) is 19.8. The molecule has 2 amide bonds. The SMILES string of the molecule is CCCN1CC(NC(=O)Cc2ccc(C(F)(F)F)cc2C(F)(F)F)C(=O)N(CCC)c2ccccc21. The Morgan fingerprint density at radius 3 is 2.17 bits per heavy atom. The maximum atomic E-state index is 13.5. The highest BCUT2D eigenvalue weighted by Crippen LogP contribution is 2.38. The zero-order valence-corrected chi connectivity index (χ0v) is 19.8. The number of carbonyl (C=O) groups excluding carboxylic acids is 2. The molecule has 1 atom stereocenters. The van der Waals surface area contributed by atoms with Gasteiger partial charge < -0.3 is 15.1 Å². The second kappa shape index (κ2) is 10.8. The second-order valence-electron chi connectivity index (χ2n) is 8.59. The van der Waals surface area contributed by atoms with Crippen LogP contribution in [0.1, 0.15) is 43.4 Å². The third-order valence-electron chi connectivity index (χ3n) is 5.85. The molecule has 1 heterocycles. The molecule has 36 heavy (non-hydrogen) atoms. The highest BCUT2D eigenvalue weighted by molar-refractivity contribution is 6.03. The average molecular weight is 515 g/mol. The van der Waals surface area contributed by atoms with Gasteiger partial charge in [-0.15, -0.1) is 0 Å². The molecule has 2 aromatic rings. The number of hydrogen-bond donors (Lipinski definition) is 1. The van der Waals surface area contributed by atoms with Gasteiger partial charge in [-0.05, 0) is 42.7 Å². The fourth-order valence-electron chi connectivity index (χ4n) is 4.30. The van der Waals surface area contributed by atoms with Crippen LogP contribution in [0, 0.1) is 0 Å². The van der Waals surface area contributed by atoms with Crippen molar-refractivity contribution in [2.24, 2.45) is 0 Å². The van der Waals surface area contributed by atoms with Gasteiger partial charge in [0.15, 0.2) is 0 Å². The van der Waals surface area contributed by atoms with Crippen LogP contribution in [0.25, 0.3) is 0 Å². The topological polar surface area (TPSA) is 52.7 Å². The molecule has 3 rings (SSSR count). The molecule has 11 heteroatoms. The first kappa shape index (κ1) is 27.3. The first-order valence-corrected chi connectivity index (χ1v) is 11.6. The number of hydrogen-bond acceptors (Lipinski definition) is 3. The predicted octanol–water partition coefficient (Wildman–Crippen LogP) is 5.42. The summed E-state index contributed by atoms with van der Waals surface area (Å²) in [4.78, 5) is 29.7. The molecule has 1 aliphatic heterocycles. The van der Waals surface area contributed by atoms with Crippen molar-refractivity contribution in [3.05, 3.63) is 59.2 Å². The van der Waals surface area contributed by atoms with Crippen LogP contribution in [0.3, 0.4) is 0 Å². The predicted molar refractivity (Wildman–Crippen MR) is 124 cm³/mol. The molecule has 1 N–H and O–H groups in total. The van der Waals surface area contributed by atoms with Gasteiger partial charge in [0.25, 0.3) is 5.91 Å². The number of nitrogens with one attached hydrogen (secondary N) is 1. The monoisotopic (exact) mass is 515 g/mol. The van der Waals surface area contributed by atoms with Gasteiger partial charge in [0.2, 0.25) is 5.91 Å². The van der Waals surface area contributed by atoms with Crippen LogP contribution < -0.4 is 15.1 Å². The van der Waals surface area contributed by atoms with Gasteiger partial charge in [-0.2, -0.15) is 26.3 Å². The number of rotatable bonds is 7. The Morgan fingerprint density at radius 2 is 1.58 bits per heavy atom. The minimum absolute atomic E-state index is 0.00200. The normalized spacial score (nSPS) is 16.6. The minimum Gasteiger partial charge on any atom is -0.367 e. The van der Waals surface area contributed by atoms with Gasteiger partial charge in [0.05, 0.1) is 28.9 Å². The van der Waals surface area contributed by atoms with E-state index >= 15 is 0 Å². The van der Waals surface area contributed by atoms with E-state index in [1.54, 1.807) is 17.0 Å². The number of para-hydroxylation sites is 2. The maximum absolute atomic E-state index is 13.5. The van der Waals surface area contributed by atoms with E-state index < -0.39 is 53.3 Å². The third kappa shape index (κ3) is 6.11. The Morgan fingerprint density at radius 1 is 0.944 bits per heavy atom. The molecule has 0 spiro atoms. The maximum Gasteiger partial charge on any atom is 0.416 e. The number of alkyl halides is 6. The fraction of sp³-hybridized carbons (Fsp3) is 0.440. The van der Waals surface area contributed by atoms with Crippen LogP contribution in [0.4, 0.5) is 37.7 Å². The number of anilines is 2. The van der Waals surface area contributed by atoms with Crippen molar-refractivity contribution in [2.75, 3.05) is 29.4 Å². The lowest BCUT2D eigenvalue weighted by Crippen LogP contribution is -2.52. The van der Waals surface area contributed by atoms with E-state index in [0.717, 1.165) is 12.1 Å². The molecule has 0 aliphatic carbocycles. The molecule has 196 valence electrons. The van der Waals surface area contributed by atoms with Crippen LogP contribution in [-0.2, 0) is 28.4 Å². The first-order chi connectivity index (χ1) is 16.9. The summed E-state index contributed by atoms with van der Waals surface area (Å²) in [5.41, 5.74) is -2.11. The quantitative estimate of drug-likeness (QED) is 0.501. The number of halogens is 6. The van der Waals surface area contributed by atoms with Crippen molar-refractivity contribution < 1.29 is 35.9 Å². The molecular weight excluding hydrogens is 488 g/mol. The Bertz CT molecular complexity index is 1100. The lowest BCUT2D eigenvalue weighted by Gasteiger charge is -2.26. The highest BCUT2D eigenvalue weighted by Gasteiger charge is 2.39. The fourth-order valence-corrected chi connectivity index (χ4v) is 4.30. The Kier molecular flexibility index (Phi) is 8.20. The van der Waals surface area contributed by atoms with Gasteiger partial charge in [0.1, 0.15) is 6.04 Å². The van der Waals surface area contributed by atoms with Crippen molar-refractivity contribution in [3.63, 3.8) is 0 Å². The summed E-state index contributed by atoms with van der Waals surface area (Å²) in [6.07, 6.45) is -9.50. The number of benzene rings is 2. The van der Waals surface area contributed by atoms with Gasteiger partial charge in [-0.25, -0.2) is 0 Å². The largest absolute Gasteiger partial charge is 0.416 e. The Balaban J connectivity index is 1.89. The van der Waals surface area contributed by atoms with Crippen molar-refractivity contribution in [1.82, 2.24) is 5.32 Å². The average Bonchev–Trinajstić information content (AvgIpc) is 2.89. The third-order valence-corrected chi connectivity index (χ3v) is 5.85. The van der Waals surface area contributed by atoms with Crippen molar-refractivity contribution >= 4 is 23.2 Å². The molecule has 0 fully saturated rings. The molecule has 0 saturated carbocycles. The van der Waals surface area contributed by atoms with Crippen molar-refractivity contribution in [1.29, 1.82) is 0 Å². The number of nitrogens with zero attached hydrogens (tertiary/aromatic N) is 2. The summed E-state index contributed by atoms with van der Waals surface area (Å²) < 4.78 is 79.4. The second-order valence-corrected chi connectivity index (χ2v) is 8.59. The summed E-state index contributed by atoms with van der Waals surface area (Å²) in [5, 5.41) is 2.53. The van der Waals surface area contributed by atoms with E-state index in [1.165, 1.54) is 0 Å². The molecule has 1 unspecified atom stereocenters. The summed E-state index contributed by atoms with van der Waals surface area (Å²) in [6.45, 7) is 4.90. The van der Waals surface area contributed by atoms with E-state index in [-0.39, 0.29) is 12.6 Å². The molecule has 5 nitrogen and oxygen atoms in total. The van der Waals surface area contributed by atoms with E-state index in [2.05, 4.69) is 5.32 Å². The minimum atomic E-state index is -5.09. The van der Waals surface area contributed by atoms with E-state index in [9.17, 15) is 35.9 Å². The van der Waals surface area contributed by atoms with E-state index in [0.29, 0.717) is 37.3 Å². The molecule has 0 saturated heterocycles. The van der Waals surface area contributed by atoms with Gasteiger partial charge in [0, 0.05) is 19.6 Å². The smallest absolute Gasteiger partial charge is 0.367 e. The van der Waals surface area contributed by atoms with Gasteiger partial charge in [-0.3, -0.25) is 9.59 Å². The zero-order chi connectivity index (χ0) is 26.7. The summed E-state index contributed by atoms with van der Waals surface area (Å²) >= 11 is 0. The van der Waals surface area contributed by atoms with E-state index in [1.807, 2.05) is 30.9 Å². The lowest BCUT2D eigenvalue weighted by atomic mass is 10.00. The number of fused-ring (bicyclic) bond motifs is 1. The van der Waals surface area contributed by atoms with E-state index in [4.69, 9.17) is 0 Å². The Labute approximate surface area is 205 Å². The van der Waals surface area contributed by atoms with Crippen LogP contribution in [-0.4, -0.2) is 37.5 Å². The molecular formula is C25H27F6N3O2. The van der Waals surface area contributed by atoms with Gasteiger partial charge >= 0.3 is 12.4 Å². The molecule has 2 aromatic carbocycles. The summed E-state index contributed by atoms with van der Waals surface area (Å²) in [7, 11) is 0. The van der Waals surface area contributed by atoms with Crippen molar-refractivity contribution in [3.8, 4) is 0 Å². The molecule has 0 bridgehead atoms.